The first-order valence-electron chi connectivity index (χ1n) is 8.98. The van der Waals surface area contributed by atoms with Gasteiger partial charge in [0, 0.05) is 10.9 Å². The average molecular weight is 395 g/mol. The first-order chi connectivity index (χ1) is 13.3. The smallest absolute Gasteiger partial charge is 0.259 e. The lowest BCUT2D eigenvalue weighted by Gasteiger charge is -2.27. The highest BCUT2D eigenvalue weighted by Crippen LogP contribution is 2.37. The number of aryl methyl sites for hydroxylation is 1. The van der Waals surface area contributed by atoms with E-state index in [2.05, 4.69) is 21.4 Å². The van der Waals surface area contributed by atoms with Crippen molar-refractivity contribution in [1.29, 1.82) is 5.26 Å². The summed E-state index contributed by atoms with van der Waals surface area (Å²) in [5.41, 5.74) is 2.24. The number of amides is 1. The second-order valence-corrected chi connectivity index (χ2v) is 8.04. The van der Waals surface area contributed by atoms with Crippen molar-refractivity contribution in [2.75, 3.05) is 6.61 Å². The molecule has 28 heavy (non-hydrogen) atoms. The zero-order valence-corrected chi connectivity index (χ0v) is 17.1. The van der Waals surface area contributed by atoms with Crippen LogP contribution >= 0.6 is 11.3 Å². The number of ether oxygens (including phenoxy) is 1. The number of rotatable bonds is 6. The van der Waals surface area contributed by atoms with Crippen molar-refractivity contribution in [2.45, 2.75) is 33.2 Å². The van der Waals surface area contributed by atoms with Gasteiger partial charge in [0.2, 0.25) is 5.88 Å². The largest absolute Gasteiger partial charge is 0.467 e. The van der Waals surface area contributed by atoms with Crippen molar-refractivity contribution in [3.8, 4) is 23.1 Å². The summed E-state index contributed by atoms with van der Waals surface area (Å²) in [5.74, 6) is -0.0333. The number of carbonyl (C=O) groups is 1. The molecule has 0 aliphatic rings. The number of nitriles is 1. The van der Waals surface area contributed by atoms with E-state index < -0.39 is 5.54 Å². The van der Waals surface area contributed by atoms with E-state index >= 15 is 0 Å². The van der Waals surface area contributed by atoms with E-state index in [1.54, 1.807) is 6.92 Å². The predicted octanol–water partition coefficient (Wildman–Crippen LogP) is 4.10. The van der Waals surface area contributed by atoms with Crippen LogP contribution in [-0.4, -0.2) is 28.0 Å². The molecule has 0 saturated carbocycles. The minimum atomic E-state index is -0.948. The number of hydrogen-bond acceptors (Lipinski definition) is 6. The summed E-state index contributed by atoms with van der Waals surface area (Å²) in [7, 11) is 0. The van der Waals surface area contributed by atoms with Crippen molar-refractivity contribution in [2.24, 2.45) is 5.92 Å². The number of carbonyl (C=O) groups excluding carboxylic acids is 1. The Labute approximate surface area is 168 Å². The van der Waals surface area contributed by atoms with E-state index in [-0.39, 0.29) is 18.4 Å². The van der Waals surface area contributed by atoms with Crippen LogP contribution in [0.25, 0.3) is 21.3 Å². The lowest BCUT2D eigenvalue weighted by molar-refractivity contribution is -0.124. The molecule has 0 saturated heterocycles. The summed E-state index contributed by atoms with van der Waals surface area (Å²) in [4.78, 5) is 21.7. The quantitative estimate of drug-likeness (QED) is 0.680. The monoisotopic (exact) mass is 394 g/mol. The molecule has 144 valence electrons. The van der Waals surface area contributed by atoms with Gasteiger partial charge in [-0.15, -0.1) is 11.3 Å². The first kappa shape index (κ1) is 19.8. The summed E-state index contributed by atoms with van der Waals surface area (Å²) < 4.78 is 5.73. The Morgan fingerprint density at radius 3 is 2.68 bits per heavy atom. The molecule has 0 aliphatic heterocycles. The van der Waals surface area contributed by atoms with Crippen LogP contribution in [0.5, 0.6) is 5.88 Å². The zero-order valence-electron chi connectivity index (χ0n) is 16.3. The molecule has 6 nitrogen and oxygen atoms in total. The zero-order chi connectivity index (χ0) is 20.3. The van der Waals surface area contributed by atoms with E-state index in [1.807, 2.05) is 50.4 Å². The molecule has 1 amide bonds. The maximum absolute atomic E-state index is 12.3. The van der Waals surface area contributed by atoms with Gasteiger partial charge < -0.3 is 10.1 Å². The first-order valence-corrected chi connectivity index (χ1v) is 9.86. The minimum absolute atomic E-state index is 0.0304. The molecule has 2 heterocycles. The highest BCUT2D eigenvalue weighted by Gasteiger charge is 2.30. The van der Waals surface area contributed by atoms with Gasteiger partial charge in [-0.3, -0.25) is 4.79 Å². The van der Waals surface area contributed by atoms with Crippen LogP contribution in [-0.2, 0) is 4.79 Å². The Hall–Kier alpha value is -2.98. The van der Waals surface area contributed by atoms with E-state index in [4.69, 9.17) is 4.74 Å². The molecule has 2 aromatic heterocycles. The fraction of sp³-hybridized carbons (Fsp3) is 0.333. The van der Waals surface area contributed by atoms with E-state index in [9.17, 15) is 10.1 Å². The lowest BCUT2D eigenvalue weighted by atomic mass is 9.90. The number of nitrogens with zero attached hydrogens (tertiary/aromatic N) is 3. The second kappa shape index (κ2) is 7.95. The van der Waals surface area contributed by atoms with Gasteiger partial charge in [-0.05, 0) is 25.3 Å². The number of nitrogens with one attached hydrogen (secondary N) is 1. The van der Waals surface area contributed by atoms with Crippen molar-refractivity contribution < 1.29 is 9.53 Å². The van der Waals surface area contributed by atoms with Gasteiger partial charge in [-0.25, -0.2) is 9.97 Å². The highest BCUT2D eigenvalue weighted by atomic mass is 32.1. The molecule has 3 rings (SSSR count). The molecule has 0 bridgehead atoms. The molecule has 1 aromatic carbocycles. The SMILES string of the molecule is Cc1ccc(-c2csc3ncnc(OCC(=O)NC(C)(C#N)C(C)C)c23)cc1. The Morgan fingerprint density at radius 1 is 1.32 bits per heavy atom. The van der Waals surface area contributed by atoms with Gasteiger partial charge in [0.05, 0.1) is 11.5 Å². The van der Waals surface area contributed by atoms with Gasteiger partial charge in [0.15, 0.2) is 6.61 Å². The number of hydrogen-bond donors (Lipinski definition) is 1. The van der Waals surface area contributed by atoms with Crippen molar-refractivity contribution in [1.82, 2.24) is 15.3 Å². The Morgan fingerprint density at radius 2 is 2.04 bits per heavy atom. The van der Waals surface area contributed by atoms with Crippen LogP contribution in [0, 0.1) is 24.2 Å². The maximum Gasteiger partial charge on any atom is 0.259 e. The molecule has 0 radical (unpaired) electrons. The van der Waals surface area contributed by atoms with Crippen molar-refractivity contribution >= 4 is 27.5 Å². The second-order valence-electron chi connectivity index (χ2n) is 7.18. The summed E-state index contributed by atoms with van der Waals surface area (Å²) in [5, 5.41) is 14.9. The van der Waals surface area contributed by atoms with E-state index in [0.29, 0.717) is 5.88 Å². The van der Waals surface area contributed by atoms with Crippen LogP contribution in [0.2, 0.25) is 0 Å². The van der Waals surface area contributed by atoms with Gasteiger partial charge in [0.1, 0.15) is 16.7 Å². The Balaban J connectivity index is 1.84. The van der Waals surface area contributed by atoms with Gasteiger partial charge in [0.25, 0.3) is 5.91 Å². The topological polar surface area (TPSA) is 87.9 Å². The molecule has 7 heteroatoms. The molecule has 0 aliphatic carbocycles. The highest BCUT2D eigenvalue weighted by molar-refractivity contribution is 7.17. The van der Waals surface area contributed by atoms with Gasteiger partial charge >= 0.3 is 0 Å². The fourth-order valence-electron chi connectivity index (χ4n) is 2.66. The standard InChI is InChI=1S/C21H22N4O2S/c1-13(2)21(4,11-22)25-17(26)9-27-19-18-16(10-28-20(18)24-12-23-19)15-7-5-14(3)6-8-15/h5-8,10,12-13H,9H2,1-4H3,(H,25,26). The van der Waals surface area contributed by atoms with Crippen molar-refractivity contribution in [3.05, 3.63) is 41.5 Å². The van der Waals surface area contributed by atoms with Gasteiger partial charge in [-0.2, -0.15) is 5.26 Å². The number of fused-ring (bicyclic) bond motifs is 1. The average Bonchev–Trinajstić information content (AvgIpc) is 3.11. The molecule has 0 spiro atoms. The Bertz CT molecular complexity index is 1040. The third-order valence-corrected chi connectivity index (χ3v) is 5.71. The molecule has 3 aromatic rings. The summed E-state index contributed by atoms with van der Waals surface area (Å²) >= 11 is 1.50. The van der Waals surface area contributed by atoms with Crippen LogP contribution in [0.1, 0.15) is 26.3 Å². The maximum atomic E-state index is 12.3. The van der Waals surface area contributed by atoms with Crippen LogP contribution in [0.4, 0.5) is 0 Å². The normalized spacial score (nSPS) is 13.1. The summed E-state index contributed by atoms with van der Waals surface area (Å²) in [6, 6.07) is 10.3. The van der Waals surface area contributed by atoms with E-state index in [0.717, 1.165) is 21.3 Å². The molecular weight excluding hydrogens is 372 g/mol. The number of benzene rings is 1. The third-order valence-electron chi connectivity index (χ3n) is 4.82. The van der Waals surface area contributed by atoms with E-state index in [1.165, 1.54) is 23.2 Å². The predicted molar refractivity (Wildman–Crippen MR) is 110 cm³/mol. The molecule has 0 fully saturated rings. The van der Waals surface area contributed by atoms with Crippen LogP contribution in [0.15, 0.2) is 36.0 Å². The lowest BCUT2D eigenvalue weighted by Crippen LogP contribution is -2.50. The summed E-state index contributed by atoms with van der Waals surface area (Å²) in [6.07, 6.45) is 1.43. The number of thiophene rings is 1. The Kier molecular flexibility index (Phi) is 5.61. The van der Waals surface area contributed by atoms with Crippen molar-refractivity contribution in [3.63, 3.8) is 0 Å². The molecular formula is C21H22N4O2S. The fourth-order valence-corrected chi connectivity index (χ4v) is 3.57. The van der Waals surface area contributed by atoms with Crippen LogP contribution in [0.3, 0.4) is 0 Å². The molecule has 1 unspecified atom stereocenters. The molecule has 1 atom stereocenters. The third kappa shape index (κ3) is 3.97. The molecule has 1 N–H and O–H groups in total. The van der Waals surface area contributed by atoms with Crippen LogP contribution < -0.4 is 10.1 Å². The minimum Gasteiger partial charge on any atom is -0.467 e. The van der Waals surface area contributed by atoms with Gasteiger partial charge in [-0.1, -0.05) is 43.7 Å². The number of aromatic nitrogens is 2. The summed E-state index contributed by atoms with van der Waals surface area (Å²) in [6.45, 7) is 7.29.